The van der Waals surface area contributed by atoms with E-state index in [1.54, 1.807) is 12.1 Å². The Balaban J connectivity index is 1.30. The van der Waals surface area contributed by atoms with Crippen molar-refractivity contribution in [1.29, 1.82) is 0 Å². The minimum Gasteiger partial charge on any atom is -0.507 e. The highest BCUT2D eigenvalue weighted by Gasteiger charge is 2.37. The van der Waals surface area contributed by atoms with Gasteiger partial charge in [-0.05, 0) is 121 Å². The molecule has 0 spiro atoms. The van der Waals surface area contributed by atoms with Crippen LogP contribution in [0.5, 0.6) is 11.5 Å². The molecule has 0 bridgehead atoms. The van der Waals surface area contributed by atoms with Crippen molar-refractivity contribution in [2.75, 3.05) is 19.0 Å². The van der Waals surface area contributed by atoms with Gasteiger partial charge in [-0.3, -0.25) is 4.79 Å². The lowest BCUT2D eigenvalue weighted by Gasteiger charge is -2.40. The molecule has 0 saturated carbocycles. The zero-order chi connectivity index (χ0) is 40.2. The molecule has 2 aliphatic rings. The highest BCUT2D eigenvalue weighted by molar-refractivity contribution is 6.19. The number of carbonyl (C=O) groups excluding carboxylic acids is 1. The molecule has 286 valence electrons. The highest BCUT2D eigenvalue weighted by atomic mass is 16.5. The van der Waals surface area contributed by atoms with Gasteiger partial charge in [0.05, 0.1) is 0 Å². The van der Waals surface area contributed by atoms with E-state index in [9.17, 15) is 19.8 Å². The average Bonchev–Trinajstić information content (AvgIpc) is 3.17. The molecule has 6 aromatic carbocycles. The summed E-state index contributed by atoms with van der Waals surface area (Å²) >= 11 is 0. The zero-order valence-corrected chi connectivity index (χ0v) is 33.3. The minimum absolute atomic E-state index is 0.117. The third-order valence-electron chi connectivity index (χ3n) is 11.5. The number of fused-ring (bicyclic) bond motifs is 5. The number of aromatic carboxylic acids is 1. The van der Waals surface area contributed by atoms with Crippen LogP contribution < -0.4 is 9.64 Å². The van der Waals surface area contributed by atoms with Gasteiger partial charge in [-0.15, -0.1) is 0 Å². The number of carboxylic acid groups (broad SMARTS) is 1. The van der Waals surface area contributed by atoms with E-state index in [0.717, 1.165) is 62.5 Å². The average molecular weight is 754 g/mol. The van der Waals surface area contributed by atoms with Gasteiger partial charge in [0.15, 0.2) is 5.78 Å². The summed E-state index contributed by atoms with van der Waals surface area (Å²) in [4.78, 5) is 27.9. The maximum Gasteiger partial charge on any atom is 0.339 e. The van der Waals surface area contributed by atoms with Gasteiger partial charge in [0.2, 0.25) is 0 Å². The summed E-state index contributed by atoms with van der Waals surface area (Å²) in [6.45, 7) is 9.68. The molecular weight excluding hydrogens is 707 g/mol. The topological polar surface area (TPSA) is 87.1 Å². The number of carbonyl (C=O) groups is 2. The third kappa shape index (κ3) is 7.12. The number of aromatic hydroxyl groups is 1. The first kappa shape index (κ1) is 37.5. The molecule has 0 atom stereocenters. The summed E-state index contributed by atoms with van der Waals surface area (Å²) in [5.41, 5.74) is 9.97. The summed E-state index contributed by atoms with van der Waals surface area (Å²) in [5, 5.41) is 23.6. The number of benzene rings is 6. The molecule has 2 N–H and O–H groups in total. The molecule has 0 amide bonds. The van der Waals surface area contributed by atoms with Crippen molar-refractivity contribution in [3.05, 3.63) is 160 Å². The first-order chi connectivity index (χ1) is 27.2. The van der Waals surface area contributed by atoms with Gasteiger partial charge < -0.3 is 19.8 Å². The van der Waals surface area contributed by atoms with E-state index in [0.29, 0.717) is 17.7 Å². The lowest BCUT2D eigenvalue weighted by Crippen LogP contribution is -2.28. The number of rotatable bonds is 9. The minimum atomic E-state index is -1.22. The molecule has 0 saturated heterocycles. The molecular formula is C51H47NO5. The predicted molar refractivity (Wildman–Crippen MR) is 233 cm³/mol. The normalized spacial score (nSPS) is 15.5. The fraction of sp³-hybridized carbons (Fsp3) is 0.216. The van der Waals surface area contributed by atoms with Crippen molar-refractivity contribution in [1.82, 2.24) is 0 Å². The van der Waals surface area contributed by atoms with Crippen LogP contribution >= 0.6 is 0 Å². The molecule has 0 fully saturated rings. The molecule has 57 heavy (non-hydrogen) atoms. The molecule has 2 aliphatic carbocycles. The number of carboxylic acids is 1. The number of hydrogen-bond donors (Lipinski definition) is 2. The van der Waals surface area contributed by atoms with Crippen LogP contribution in [0.25, 0.3) is 44.3 Å². The van der Waals surface area contributed by atoms with Crippen LogP contribution in [0.4, 0.5) is 5.69 Å². The van der Waals surface area contributed by atoms with Crippen LogP contribution in [0.15, 0.2) is 127 Å². The Kier molecular flexibility index (Phi) is 9.39. The number of ether oxygens (including phenoxy) is 1. The van der Waals surface area contributed by atoms with E-state index >= 15 is 0 Å². The number of allylic oxidation sites excluding steroid dienone is 5. The molecule has 0 heterocycles. The van der Waals surface area contributed by atoms with Crippen LogP contribution in [-0.4, -0.2) is 36.1 Å². The van der Waals surface area contributed by atoms with Crippen molar-refractivity contribution in [3.8, 4) is 22.6 Å². The monoisotopic (exact) mass is 753 g/mol. The van der Waals surface area contributed by atoms with Gasteiger partial charge in [0, 0.05) is 30.7 Å². The van der Waals surface area contributed by atoms with Crippen LogP contribution in [0.3, 0.4) is 0 Å². The summed E-state index contributed by atoms with van der Waals surface area (Å²) in [6, 6.07) is 33.3. The highest BCUT2D eigenvalue weighted by Crippen LogP contribution is 2.53. The van der Waals surface area contributed by atoms with Crippen LogP contribution in [0.1, 0.15) is 83.5 Å². The number of anilines is 1. The van der Waals surface area contributed by atoms with Crippen LogP contribution in [0.2, 0.25) is 0 Å². The molecule has 6 heteroatoms. The Bertz CT molecular complexity index is 2710. The maximum absolute atomic E-state index is 14.4. The van der Waals surface area contributed by atoms with Gasteiger partial charge >= 0.3 is 5.97 Å². The van der Waals surface area contributed by atoms with Crippen molar-refractivity contribution < 1.29 is 24.5 Å². The second-order valence-electron chi connectivity index (χ2n) is 17.0. The van der Waals surface area contributed by atoms with Crippen LogP contribution in [0, 0.1) is 5.41 Å². The van der Waals surface area contributed by atoms with E-state index in [1.807, 2.05) is 50.5 Å². The SMILES string of the molecule is CN(C)c1ccc(COc2cc(-c3ccc4ccccc4c3C(=O)C=Cc3ccc(C(=O)O)c(O)c3)cc3ccc4c(c23)C(C)(C)CC2=C4C=CC(C)(C)C2)cc1. The van der Waals surface area contributed by atoms with E-state index in [2.05, 4.69) is 93.3 Å². The summed E-state index contributed by atoms with van der Waals surface area (Å²) < 4.78 is 6.92. The Morgan fingerprint density at radius 3 is 2.30 bits per heavy atom. The standard InChI is InChI=1S/C51H47NO5/c1-50(2)24-23-38-36(28-50)29-51(3,4)48-41(38)21-16-34-26-35(27-45(46(34)48)57-30-32-11-17-37(18-12-32)52(5)6)40-20-15-33-9-7-8-10-39(33)47(40)43(53)22-14-31-13-19-42(49(55)56)44(54)25-31/h7-27,54H,28-30H2,1-6H3,(H,55,56). The van der Waals surface area contributed by atoms with Crippen molar-refractivity contribution >= 4 is 50.6 Å². The third-order valence-corrected chi connectivity index (χ3v) is 11.5. The van der Waals surface area contributed by atoms with Crippen molar-refractivity contribution in [2.24, 2.45) is 5.41 Å². The molecule has 0 aromatic heterocycles. The number of phenols is 1. The van der Waals surface area contributed by atoms with Gasteiger partial charge in [-0.25, -0.2) is 4.79 Å². The smallest absolute Gasteiger partial charge is 0.339 e. The summed E-state index contributed by atoms with van der Waals surface area (Å²) in [6.07, 6.45) is 9.75. The molecule has 0 radical (unpaired) electrons. The van der Waals surface area contributed by atoms with Crippen molar-refractivity contribution in [3.63, 3.8) is 0 Å². The largest absolute Gasteiger partial charge is 0.507 e. The van der Waals surface area contributed by atoms with E-state index in [4.69, 9.17) is 4.74 Å². The second-order valence-corrected chi connectivity index (χ2v) is 17.0. The second kappa shape index (κ2) is 14.3. The fourth-order valence-electron chi connectivity index (χ4n) is 8.73. The summed E-state index contributed by atoms with van der Waals surface area (Å²) in [5.74, 6) is -1.03. The van der Waals surface area contributed by atoms with E-state index < -0.39 is 5.97 Å². The van der Waals surface area contributed by atoms with Crippen molar-refractivity contribution in [2.45, 2.75) is 52.6 Å². The lowest BCUT2D eigenvalue weighted by molar-refractivity contribution is 0.0693. The van der Waals surface area contributed by atoms with Gasteiger partial charge in [-0.2, -0.15) is 0 Å². The van der Waals surface area contributed by atoms with E-state index in [-0.39, 0.29) is 27.9 Å². The first-order valence-corrected chi connectivity index (χ1v) is 19.4. The molecule has 6 aromatic rings. The zero-order valence-electron chi connectivity index (χ0n) is 33.3. The first-order valence-electron chi connectivity index (χ1n) is 19.4. The molecule has 8 rings (SSSR count). The maximum atomic E-state index is 14.4. The molecule has 6 nitrogen and oxygen atoms in total. The van der Waals surface area contributed by atoms with Crippen LogP contribution in [-0.2, 0) is 12.0 Å². The quantitative estimate of drug-likeness (QED) is 0.113. The Hall–Kier alpha value is -6.40. The van der Waals surface area contributed by atoms with Gasteiger partial charge in [0.25, 0.3) is 0 Å². The molecule has 0 aliphatic heterocycles. The number of nitrogens with zero attached hydrogens (tertiary/aromatic N) is 1. The Labute approximate surface area is 334 Å². The predicted octanol–water partition coefficient (Wildman–Crippen LogP) is 12.0. The van der Waals surface area contributed by atoms with Gasteiger partial charge in [-0.1, -0.05) is 118 Å². The summed E-state index contributed by atoms with van der Waals surface area (Å²) in [7, 11) is 4.06. The Morgan fingerprint density at radius 1 is 0.825 bits per heavy atom. The van der Waals surface area contributed by atoms with E-state index in [1.165, 1.54) is 40.5 Å². The lowest BCUT2D eigenvalue weighted by atomic mass is 9.64. The number of ketones is 1. The van der Waals surface area contributed by atoms with Gasteiger partial charge in [0.1, 0.15) is 23.7 Å². The fourth-order valence-corrected chi connectivity index (χ4v) is 8.73. The molecule has 0 unspecified atom stereocenters. The Morgan fingerprint density at radius 2 is 1.56 bits per heavy atom. The number of hydrogen-bond acceptors (Lipinski definition) is 5.